The highest BCUT2D eigenvalue weighted by atomic mass is 16.2. The molecular formula is C17H26N2O. The number of likely N-dealkylation sites (tertiary alicyclic amines) is 1. The van der Waals surface area contributed by atoms with Crippen molar-refractivity contribution in [2.45, 2.75) is 57.5 Å². The second-order valence-electron chi connectivity index (χ2n) is 5.88. The van der Waals surface area contributed by atoms with Crippen LogP contribution in [0.15, 0.2) is 30.3 Å². The van der Waals surface area contributed by atoms with Gasteiger partial charge in [-0.2, -0.15) is 0 Å². The molecule has 1 amide bonds. The Hall–Kier alpha value is -1.35. The zero-order valence-electron chi connectivity index (χ0n) is 12.4. The topological polar surface area (TPSA) is 46.3 Å². The molecule has 110 valence electrons. The van der Waals surface area contributed by atoms with Crippen LogP contribution in [0, 0.1) is 0 Å². The molecule has 1 aromatic rings. The first-order valence-corrected chi connectivity index (χ1v) is 7.78. The van der Waals surface area contributed by atoms with Crippen LogP contribution in [0.25, 0.3) is 0 Å². The van der Waals surface area contributed by atoms with Gasteiger partial charge >= 0.3 is 0 Å². The van der Waals surface area contributed by atoms with Crippen molar-refractivity contribution in [3.63, 3.8) is 0 Å². The zero-order chi connectivity index (χ0) is 14.4. The van der Waals surface area contributed by atoms with Crippen molar-refractivity contribution in [3.8, 4) is 0 Å². The van der Waals surface area contributed by atoms with Gasteiger partial charge in [-0.3, -0.25) is 4.79 Å². The van der Waals surface area contributed by atoms with Crippen LogP contribution in [-0.4, -0.2) is 23.4 Å². The average molecular weight is 274 g/mol. The molecular weight excluding hydrogens is 248 g/mol. The fourth-order valence-electron chi connectivity index (χ4n) is 2.92. The molecule has 20 heavy (non-hydrogen) atoms. The number of carbonyl (C=O) groups is 1. The molecule has 0 radical (unpaired) electrons. The lowest BCUT2D eigenvalue weighted by molar-refractivity contribution is -0.133. The molecule has 2 rings (SSSR count). The minimum Gasteiger partial charge on any atom is -0.336 e. The van der Waals surface area contributed by atoms with E-state index in [9.17, 15) is 4.79 Å². The number of amides is 1. The van der Waals surface area contributed by atoms with E-state index in [1.54, 1.807) is 0 Å². The molecule has 3 nitrogen and oxygen atoms in total. The Morgan fingerprint density at radius 1 is 1.30 bits per heavy atom. The molecule has 1 aliphatic heterocycles. The first-order chi connectivity index (χ1) is 9.68. The van der Waals surface area contributed by atoms with Crippen molar-refractivity contribution in [2.24, 2.45) is 5.73 Å². The highest BCUT2D eigenvalue weighted by Gasteiger charge is 2.26. The van der Waals surface area contributed by atoms with Crippen LogP contribution >= 0.6 is 0 Å². The van der Waals surface area contributed by atoms with Crippen LogP contribution in [0.1, 0.15) is 57.1 Å². The van der Waals surface area contributed by atoms with Crippen molar-refractivity contribution in [1.29, 1.82) is 0 Å². The highest BCUT2D eigenvalue weighted by Crippen LogP contribution is 2.30. The molecule has 0 aliphatic carbocycles. The molecule has 2 N–H and O–H groups in total. The Bertz CT molecular complexity index is 416. The summed E-state index contributed by atoms with van der Waals surface area (Å²) in [6.07, 6.45) is 5.97. The predicted molar refractivity (Wildman–Crippen MR) is 82.2 cm³/mol. The fourth-order valence-corrected chi connectivity index (χ4v) is 2.92. The number of carbonyl (C=O) groups excluding carboxylic acids is 1. The zero-order valence-corrected chi connectivity index (χ0v) is 12.4. The van der Waals surface area contributed by atoms with Gasteiger partial charge in [0.2, 0.25) is 5.91 Å². The van der Waals surface area contributed by atoms with Gasteiger partial charge in [-0.25, -0.2) is 0 Å². The Balaban J connectivity index is 2.11. The molecule has 0 bridgehead atoms. The van der Waals surface area contributed by atoms with Gasteiger partial charge in [-0.15, -0.1) is 0 Å². The normalized spacial score (nSPS) is 21.3. The van der Waals surface area contributed by atoms with Crippen molar-refractivity contribution >= 4 is 5.91 Å². The minimum atomic E-state index is 0.0982. The third-order valence-corrected chi connectivity index (χ3v) is 4.07. The van der Waals surface area contributed by atoms with E-state index in [0.717, 1.165) is 25.8 Å². The van der Waals surface area contributed by atoms with Gasteiger partial charge in [0.1, 0.15) is 0 Å². The summed E-state index contributed by atoms with van der Waals surface area (Å²) in [4.78, 5) is 14.6. The van der Waals surface area contributed by atoms with Crippen LogP contribution in [0.5, 0.6) is 0 Å². The lowest BCUT2D eigenvalue weighted by Gasteiger charge is -2.31. The Kier molecular flexibility index (Phi) is 5.60. The smallest absolute Gasteiger partial charge is 0.223 e. The molecule has 1 aliphatic rings. The van der Waals surface area contributed by atoms with Crippen LogP contribution in [0.3, 0.4) is 0 Å². The van der Waals surface area contributed by atoms with E-state index in [-0.39, 0.29) is 18.0 Å². The Morgan fingerprint density at radius 2 is 2.05 bits per heavy atom. The Morgan fingerprint density at radius 3 is 2.75 bits per heavy atom. The highest BCUT2D eigenvalue weighted by molar-refractivity contribution is 5.76. The summed E-state index contributed by atoms with van der Waals surface area (Å²) < 4.78 is 0. The fraction of sp³-hybridized carbons (Fsp3) is 0.588. The minimum absolute atomic E-state index is 0.0982. The van der Waals surface area contributed by atoms with Crippen molar-refractivity contribution < 1.29 is 4.79 Å². The average Bonchev–Trinajstić information content (AvgIpc) is 2.71. The van der Waals surface area contributed by atoms with Gasteiger partial charge in [-0.05, 0) is 31.7 Å². The van der Waals surface area contributed by atoms with Gasteiger partial charge in [0.15, 0.2) is 0 Å². The molecule has 2 unspecified atom stereocenters. The number of benzene rings is 1. The van der Waals surface area contributed by atoms with Crippen molar-refractivity contribution in [1.82, 2.24) is 4.90 Å². The second-order valence-corrected chi connectivity index (χ2v) is 5.88. The maximum Gasteiger partial charge on any atom is 0.223 e. The van der Waals surface area contributed by atoms with E-state index >= 15 is 0 Å². The third-order valence-electron chi connectivity index (χ3n) is 4.07. The van der Waals surface area contributed by atoms with E-state index < -0.39 is 0 Å². The van der Waals surface area contributed by atoms with Gasteiger partial charge in [0.25, 0.3) is 0 Å². The molecule has 0 saturated carbocycles. The van der Waals surface area contributed by atoms with Crippen molar-refractivity contribution in [3.05, 3.63) is 35.9 Å². The summed E-state index contributed by atoms with van der Waals surface area (Å²) in [5.74, 6) is 0.262. The number of hydrogen-bond donors (Lipinski definition) is 1. The summed E-state index contributed by atoms with van der Waals surface area (Å²) in [5.41, 5.74) is 7.04. The largest absolute Gasteiger partial charge is 0.336 e. The molecule has 2 atom stereocenters. The molecule has 1 fully saturated rings. The third kappa shape index (κ3) is 4.07. The monoisotopic (exact) mass is 274 g/mol. The second kappa shape index (κ2) is 7.44. The number of nitrogens with zero attached hydrogens (tertiary/aromatic N) is 1. The lowest BCUT2D eigenvalue weighted by atomic mass is 10.0. The molecule has 1 aromatic carbocycles. The SMILES string of the molecule is CC(N)CCC(=O)N1CCCCCC1c1ccccc1. The van der Waals surface area contributed by atoms with E-state index in [0.29, 0.717) is 6.42 Å². The van der Waals surface area contributed by atoms with E-state index in [2.05, 4.69) is 29.2 Å². The summed E-state index contributed by atoms with van der Waals surface area (Å²) in [7, 11) is 0. The summed E-state index contributed by atoms with van der Waals surface area (Å²) in [5, 5.41) is 0. The predicted octanol–water partition coefficient (Wildman–Crippen LogP) is 3.26. The molecule has 3 heteroatoms. The number of rotatable bonds is 4. The maximum atomic E-state index is 12.5. The maximum absolute atomic E-state index is 12.5. The first-order valence-electron chi connectivity index (χ1n) is 7.78. The van der Waals surface area contributed by atoms with Crippen LogP contribution in [0.2, 0.25) is 0 Å². The van der Waals surface area contributed by atoms with Gasteiger partial charge in [0.05, 0.1) is 6.04 Å². The molecule has 1 heterocycles. The summed E-state index contributed by atoms with van der Waals surface area (Å²) in [6, 6.07) is 10.8. The quantitative estimate of drug-likeness (QED) is 0.916. The van der Waals surface area contributed by atoms with Crippen molar-refractivity contribution in [2.75, 3.05) is 6.54 Å². The van der Waals surface area contributed by atoms with Crippen LogP contribution in [0.4, 0.5) is 0 Å². The first kappa shape index (κ1) is 15.0. The standard InChI is InChI=1S/C17H26N2O/c1-14(18)11-12-17(20)19-13-7-3-6-10-16(19)15-8-4-2-5-9-15/h2,4-5,8-9,14,16H,3,6-7,10-13,18H2,1H3. The number of nitrogens with two attached hydrogens (primary N) is 1. The van der Waals surface area contributed by atoms with Gasteiger partial charge < -0.3 is 10.6 Å². The van der Waals surface area contributed by atoms with Gasteiger partial charge in [-0.1, -0.05) is 43.2 Å². The van der Waals surface area contributed by atoms with E-state index in [1.807, 2.05) is 13.0 Å². The van der Waals surface area contributed by atoms with E-state index in [4.69, 9.17) is 5.73 Å². The lowest BCUT2D eigenvalue weighted by Crippen LogP contribution is -2.35. The Labute approximate surface area is 122 Å². The molecule has 1 saturated heterocycles. The van der Waals surface area contributed by atoms with Crippen LogP contribution < -0.4 is 5.73 Å². The summed E-state index contributed by atoms with van der Waals surface area (Å²) in [6.45, 7) is 2.85. The molecule has 0 spiro atoms. The van der Waals surface area contributed by atoms with Gasteiger partial charge in [0, 0.05) is 19.0 Å². The van der Waals surface area contributed by atoms with E-state index in [1.165, 1.54) is 18.4 Å². The number of hydrogen-bond acceptors (Lipinski definition) is 2. The molecule has 0 aromatic heterocycles. The van der Waals surface area contributed by atoms with Crippen LogP contribution in [-0.2, 0) is 4.79 Å². The summed E-state index contributed by atoms with van der Waals surface area (Å²) >= 11 is 0.